The molecular formula is C20H24N4OS2. The first-order valence-corrected chi connectivity index (χ1v) is 10.7. The molecule has 0 spiro atoms. The molecule has 3 aromatic rings. The van der Waals surface area contributed by atoms with E-state index in [1.807, 2.05) is 36.7 Å². The van der Waals surface area contributed by atoms with E-state index in [9.17, 15) is 4.79 Å². The Labute approximate surface area is 168 Å². The van der Waals surface area contributed by atoms with Gasteiger partial charge in [0.05, 0.1) is 5.25 Å². The molecule has 142 valence electrons. The van der Waals surface area contributed by atoms with Gasteiger partial charge in [0.2, 0.25) is 5.91 Å². The zero-order valence-corrected chi connectivity index (χ0v) is 17.6. The molecule has 0 unspecified atom stereocenters. The van der Waals surface area contributed by atoms with Crippen LogP contribution in [0.25, 0.3) is 0 Å². The van der Waals surface area contributed by atoms with E-state index in [2.05, 4.69) is 52.9 Å². The van der Waals surface area contributed by atoms with Crippen LogP contribution in [-0.2, 0) is 18.3 Å². The minimum absolute atomic E-state index is 0.0416. The van der Waals surface area contributed by atoms with Crippen molar-refractivity contribution in [2.45, 2.75) is 43.5 Å². The van der Waals surface area contributed by atoms with Crippen molar-refractivity contribution < 1.29 is 4.79 Å². The van der Waals surface area contributed by atoms with Gasteiger partial charge in [-0.3, -0.25) is 4.79 Å². The Morgan fingerprint density at radius 2 is 1.93 bits per heavy atom. The van der Waals surface area contributed by atoms with Crippen LogP contribution in [0, 0.1) is 0 Å². The van der Waals surface area contributed by atoms with Gasteiger partial charge in [0.25, 0.3) is 0 Å². The summed E-state index contributed by atoms with van der Waals surface area (Å²) in [7, 11) is 1.94. The van der Waals surface area contributed by atoms with Crippen LogP contribution in [0.3, 0.4) is 0 Å². The topological polar surface area (TPSA) is 59.8 Å². The molecule has 1 aromatic carbocycles. The third-order valence-electron chi connectivity index (χ3n) is 4.33. The molecular weight excluding hydrogens is 376 g/mol. The number of anilines is 1. The molecule has 2 aromatic heterocycles. The van der Waals surface area contributed by atoms with Crippen LogP contribution in [0.2, 0.25) is 0 Å². The number of thioether (sulfide) groups is 1. The number of benzene rings is 1. The second-order valence-electron chi connectivity index (χ2n) is 6.74. The fraction of sp³-hybridized carbons (Fsp3) is 0.350. The Balaban J connectivity index is 1.60. The van der Waals surface area contributed by atoms with Crippen LogP contribution in [-0.4, -0.2) is 25.9 Å². The van der Waals surface area contributed by atoms with Gasteiger partial charge in [0.15, 0.2) is 5.16 Å². The van der Waals surface area contributed by atoms with Gasteiger partial charge in [-0.2, -0.15) is 0 Å². The van der Waals surface area contributed by atoms with Crippen LogP contribution in [0.15, 0.2) is 46.9 Å². The molecule has 3 rings (SSSR count). The molecule has 2 heterocycles. The number of hydrogen-bond acceptors (Lipinski definition) is 5. The molecule has 0 saturated heterocycles. The van der Waals surface area contributed by atoms with E-state index in [-0.39, 0.29) is 11.2 Å². The van der Waals surface area contributed by atoms with E-state index in [1.165, 1.54) is 22.2 Å². The smallest absolute Gasteiger partial charge is 0.237 e. The molecule has 0 fully saturated rings. The van der Waals surface area contributed by atoms with Gasteiger partial charge < -0.3 is 9.88 Å². The van der Waals surface area contributed by atoms with Crippen molar-refractivity contribution in [3.8, 4) is 0 Å². The van der Waals surface area contributed by atoms with Gasteiger partial charge >= 0.3 is 0 Å². The molecule has 0 aliphatic rings. The van der Waals surface area contributed by atoms with Gasteiger partial charge in [-0.1, -0.05) is 43.8 Å². The van der Waals surface area contributed by atoms with Crippen molar-refractivity contribution in [3.63, 3.8) is 0 Å². The summed E-state index contributed by atoms with van der Waals surface area (Å²) in [4.78, 5) is 13.8. The summed E-state index contributed by atoms with van der Waals surface area (Å²) in [6, 6.07) is 12.1. The van der Waals surface area contributed by atoms with Crippen molar-refractivity contribution in [2.75, 3.05) is 5.32 Å². The number of hydrogen-bond donors (Lipinski definition) is 1. The monoisotopic (exact) mass is 400 g/mol. The van der Waals surface area contributed by atoms with Gasteiger partial charge in [0.1, 0.15) is 5.82 Å². The summed E-state index contributed by atoms with van der Waals surface area (Å²) in [6.07, 6.45) is 0.754. The molecule has 1 amide bonds. The number of rotatable bonds is 7. The number of amides is 1. The zero-order chi connectivity index (χ0) is 19.4. The summed E-state index contributed by atoms with van der Waals surface area (Å²) in [5.41, 5.74) is 2.07. The van der Waals surface area contributed by atoms with Gasteiger partial charge in [-0.05, 0) is 42.0 Å². The zero-order valence-electron chi connectivity index (χ0n) is 16.0. The predicted octanol–water partition coefficient (Wildman–Crippen LogP) is 4.71. The molecule has 0 bridgehead atoms. The fourth-order valence-corrected chi connectivity index (χ4v) is 4.11. The van der Waals surface area contributed by atoms with Gasteiger partial charge in [-0.25, -0.2) is 0 Å². The number of thiophene rings is 1. The lowest BCUT2D eigenvalue weighted by molar-refractivity contribution is -0.115. The van der Waals surface area contributed by atoms with Gasteiger partial charge in [0, 0.05) is 24.0 Å². The fourth-order valence-electron chi connectivity index (χ4n) is 2.58. The van der Waals surface area contributed by atoms with Crippen LogP contribution in [0.1, 0.15) is 43.0 Å². The van der Waals surface area contributed by atoms with Crippen molar-refractivity contribution in [3.05, 3.63) is 58.0 Å². The van der Waals surface area contributed by atoms with Crippen LogP contribution >= 0.6 is 23.1 Å². The minimum atomic E-state index is -0.271. The number of carbonyl (C=O) groups excluding carboxylic acids is 1. The van der Waals surface area contributed by atoms with Crippen molar-refractivity contribution in [2.24, 2.45) is 7.05 Å². The first kappa shape index (κ1) is 19.6. The predicted molar refractivity (Wildman–Crippen MR) is 113 cm³/mol. The maximum absolute atomic E-state index is 12.5. The van der Waals surface area contributed by atoms with E-state index in [1.54, 1.807) is 11.3 Å². The molecule has 27 heavy (non-hydrogen) atoms. The molecule has 1 atom stereocenters. The highest BCUT2D eigenvalue weighted by Gasteiger charge is 2.19. The third-order valence-corrected chi connectivity index (χ3v) is 6.34. The maximum atomic E-state index is 12.5. The largest absolute Gasteiger partial charge is 0.325 e. The Morgan fingerprint density at radius 1 is 1.19 bits per heavy atom. The molecule has 1 N–H and O–H groups in total. The summed E-state index contributed by atoms with van der Waals surface area (Å²) in [5.74, 6) is 1.33. The average Bonchev–Trinajstić information content (AvgIpc) is 3.27. The molecule has 0 aliphatic carbocycles. The minimum Gasteiger partial charge on any atom is -0.325 e. The van der Waals surface area contributed by atoms with E-state index < -0.39 is 0 Å². The number of carbonyl (C=O) groups is 1. The van der Waals surface area contributed by atoms with Crippen LogP contribution in [0.5, 0.6) is 0 Å². The Hall–Kier alpha value is -2.12. The van der Waals surface area contributed by atoms with Crippen molar-refractivity contribution >= 4 is 34.7 Å². The second-order valence-corrected chi connectivity index (χ2v) is 9.08. The molecule has 0 aliphatic heterocycles. The van der Waals surface area contributed by atoms with E-state index in [4.69, 9.17) is 0 Å². The standard InChI is InChI=1S/C20H24N4OS2/c1-13(2)15-7-9-16(10-8-15)21-19(25)14(3)27-20-23-22-18(24(20)4)12-17-6-5-11-26-17/h5-11,13-14H,12H2,1-4H3,(H,21,25)/t14-/m1/s1. The second kappa shape index (κ2) is 8.71. The van der Waals surface area contributed by atoms with Crippen molar-refractivity contribution in [1.82, 2.24) is 14.8 Å². The average molecular weight is 401 g/mol. The first-order valence-electron chi connectivity index (χ1n) is 8.92. The summed E-state index contributed by atoms with van der Waals surface area (Å²) >= 11 is 3.13. The normalized spacial score (nSPS) is 12.3. The maximum Gasteiger partial charge on any atom is 0.237 e. The SMILES string of the molecule is CC(C)c1ccc(NC(=O)[C@@H](C)Sc2nnc(Cc3cccs3)n2C)cc1. The lowest BCUT2D eigenvalue weighted by atomic mass is 10.0. The number of nitrogens with zero attached hydrogens (tertiary/aromatic N) is 3. The summed E-state index contributed by atoms with van der Waals surface area (Å²) < 4.78 is 1.96. The number of nitrogens with one attached hydrogen (secondary N) is 1. The van der Waals surface area contributed by atoms with Crippen molar-refractivity contribution in [1.29, 1.82) is 0 Å². The Kier molecular flexibility index (Phi) is 6.34. The van der Waals surface area contributed by atoms with Crippen LogP contribution in [0.4, 0.5) is 5.69 Å². The van der Waals surface area contributed by atoms with Gasteiger partial charge in [-0.15, -0.1) is 21.5 Å². The van der Waals surface area contributed by atoms with E-state index >= 15 is 0 Å². The van der Waals surface area contributed by atoms with Crippen LogP contribution < -0.4 is 5.32 Å². The lowest BCUT2D eigenvalue weighted by Gasteiger charge is -2.12. The highest BCUT2D eigenvalue weighted by atomic mass is 32.2. The van der Waals surface area contributed by atoms with E-state index in [0.29, 0.717) is 5.92 Å². The third kappa shape index (κ3) is 4.99. The Bertz CT molecular complexity index is 885. The summed E-state index contributed by atoms with van der Waals surface area (Å²) in [5, 5.41) is 14.0. The first-order chi connectivity index (χ1) is 12.9. The quantitative estimate of drug-likeness (QED) is 0.584. The highest BCUT2D eigenvalue weighted by Crippen LogP contribution is 2.24. The highest BCUT2D eigenvalue weighted by molar-refractivity contribution is 8.00. The number of aromatic nitrogens is 3. The molecule has 7 heteroatoms. The van der Waals surface area contributed by atoms with E-state index in [0.717, 1.165) is 23.1 Å². The lowest BCUT2D eigenvalue weighted by Crippen LogP contribution is -2.22. The summed E-state index contributed by atoms with van der Waals surface area (Å²) in [6.45, 7) is 6.19. The molecule has 0 saturated carbocycles. The Morgan fingerprint density at radius 3 is 2.56 bits per heavy atom. The molecule has 5 nitrogen and oxygen atoms in total. The molecule has 0 radical (unpaired) electrons.